The van der Waals surface area contributed by atoms with E-state index in [2.05, 4.69) is 4.98 Å². The molecule has 5 nitrogen and oxygen atoms in total. The molecule has 0 saturated heterocycles. The highest BCUT2D eigenvalue weighted by Crippen LogP contribution is 2.02. The predicted octanol–water partition coefficient (Wildman–Crippen LogP) is 0.750. The molecule has 10 heavy (non-hydrogen) atoms. The van der Waals surface area contributed by atoms with Gasteiger partial charge in [0.2, 0.25) is 0 Å². The van der Waals surface area contributed by atoms with Gasteiger partial charge in [0.05, 0.1) is 7.05 Å². The molecule has 0 atom stereocenters. The Balaban J connectivity index is 0.000000810. The Labute approximate surface area is 63.2 Å². The van der Waals surface area contributed by atoms with E-state index >= 15 is 0 Å². The predicted molar refractivity (Wildman–Crippen MR) is 37.1 cm³/mol. The van der Waals surface area contributed by atoms with Gasteiger partial charge in [-0.1, -0.05) is 4.98 Å². The molecule has 56 valence electrons. The average Bonchev–Trinajstić information content (AvgIpc) is 2.13. The van der Waals surface area contributed by atoms with Crippen LogP contribution in [0.4, 0.5) is 5.95 Å². The highest BCUT2D eigenvalue weighted by atomic mass is 35.5. The smallest absolute Gasteiger partial charge is 0.390 e. The molecule has 0 aliphatic carbocycles. The minimum Gasteiger partial charge on any atom is -0.390 e. The highest BCUT2D eigenvalue weighted by Gasteiger charge is 2.07. The Kier molecular flexibility index (Phi) is 2.82. The van der Waals surface area contributed by atoms with Gasteiger partial charge in [-0.2, -0.15) is 0 Å². The molecule has 0 aliphatic rings. The van der Waals surface area contributed by atoms with E-state index in [-0.39, 0.29) is 18.4 Å². The topological polar surface area (TPSA) is 61.0 Å². The van der Waals surface area contributed by atoms with Gasteiger partial charge in [0, 0.05) is 0 Å². The zero-order chi connectivity index (χ0) is 6.85. The Bertz CT molecular complexity index is 234. The molecule has 0 aromatic carbocycles. The third-order valence-corrected chi connectivity index (χ3v) is 0.959. The lowest BCUT2D eigenvalue weighted by molar-refractivity contribution is -0.396. The molecular formula is C4H6ClN3O2. The number of hydrogen-bond acceptors (Lipinski definition) is 3. The summed E-state index contributed by atoms with van der Waals surface area (Å²) < 4.78 is 1.35. The number of nitro groups is 1. The van der Waals surface area contributed by atoms with Gasteiger partial charge in [0.15, 0.2) is 0 Å². The molecular weight excluding hydrogens is 158 g/mol. The average molecular weight is 164 g/mol. The van der Waals surface area contributed by atoms with Gasteiger partial charge in [-0.3, -0.25) is 0 Å². The van der Waals surface area contributed by atoms with Crippen molar-refractivity contribution >= 4 is 18.4 Å². The van der Waals surface area contributed by atoms with E-state index in [9.17, 15) is 10.1 Å². The van der Waals surface area contributed by atoms with Crippen molar-refractivity contribution in [2.75, 3.05) is 0 Å². The summed E-state index contributed by atoms with van der Waals surface area (Å²) in [6.45, 7) is 0. The van der Waals surface area contributed by atoms with Gasteiger partial charge in [-0.15, -0.1) is 12.4 Å². The van der Waals surface area contributed by atoms with Crippen LogP contribution in [-0.2, 0) is 7.05 Å². The summed E-state index contributed by atoms with van der Waals surface area (Å²) in [5.74, 6) is -0.130. The number of halogens is 1. The third kappa shape index (κ3) is 1.44. The van der Waals surface area contributed by atoms with Crippen LogP contribution in [0.1, 0.15) is 0 Å². The van der Waals surface area contributed by atoms with E-state index in [0.717, 1.165) is 0 Å². The van der Waals surface area contributed by atoms with Crippen LogP contribution in [0.5, 0.6) is 0 Å². The molecule has 0 bridgehead atoms. The van der Waals surface area contributed by atoms with Crippen LogP contribution in [0, 0.1) is 10.1 Å². The number of nitrogens with zero attached hydrogens (tertiary/aromatic N) is 3. The maximum absolute atomic E-state index is 10.0. The number of rotatable bonds is 1. The zero-order valence-electron chi connectivity index (χ0n) is 5.22. The summed E-state index contributed by atoms with van der Waals surface area (Å²) in [6, 6.07) is 0. The molecule has 1 heterocycles. The second kappa shape index (κ2) is 3.17. The van der Waals surface area contributed by atoms with Gasteiger partial charge >= 0.3 is 5.95 Å². The summed E-state index contributed by atoms with van der Waals surface area (Å²) in [5.41, 5.74) is 0. The first-order valence-electron chi connectivity index (χ1n) is 2.33. The van der Waals surface area contributed by atoms with Gasteiger partial charge in [0.1, 0.15) is 12.4 Å². The van der Waals surface area contributed by atoms with Crippen molar-refractivity contribution in [1.82, 2.24) is 9.55 Å². The van der Waals surface area contributed by atoms with Crippen LogP contribution in [0.25, 0.3) is 0 Å². The van der Waals surface area contributed by atoms with Crippen LogP contribution in [-0.4, -0.2) is 14.5 Å². The van der Waals surface area contributed by atoms with Crippen molar-refractivity contribution < 1.29 is 4.92 Å². The third-order valence-electron chi connectivity index (χ3n) is 0.959. The monoisotopic (exact) mass is 163 g/mol. The van der Waals surface area contributed by atoms with Gasteiger partial charge < -0.3 is 10.1 Å². The Morgan fingerprint density at radius 3 is 2.60 bits per heavy atom. The lowest BCUT2D eigenvalue weighted by atomic mass is 10.9. The first-order valence-corrected chi connectivity index (χ1v) is 2.33. The number of imidazole rings is 1. The summed E-state index contributed by atoms with van der Waals surface area (Å²) in [5, 5.41) is 10.0. The largest absolute Gasteiger partial charge is 0.434 e. The van der Waals surface area contributed by atoms with Crippen molar-refractivity contribution in [3.8, 4) is 0 Å². The Morgan fingerprint density at radius 2 is 2.40 bits per heavy atom. The Morgan fingerprint density at radius 1 is 1.80 bits per heavy atom. The minimum absolute atomic E-state index is 0. The number of aromatic nitrogens is 2. The van der Waals surface area contributed by atoms with Crippen LogP contribution in [0.3, 0.4) is 0 Å². The fourth-order valence-electron chi connectivity index (χ4n) is 0.534. The quantitative estimate of drug-likeness (QED) is 0.453. The lowest BCUT2D eigenvalue weighted by Crippen LogP contribution is -1.96. The van der Waals surface area contributed by atoms with E-state index in [1.807, 2.05) is 0 Å². The molecule has 0 N–H and O–H groups in total. The summed E-state index contributed by atoms with van der Waals surface area (Å²) in [6.07, 6.45) is 2.91. The zero-order valence-corrected chi connectivity index (χ0v) is 6.04. The molecule has 0 unspecified atom stereocenters. The van der Waals surface area contributed by atoms with Crippen LogP contribution < -0.4 is 0 Å². The standard InChI is InChI=1S/C4H5N3O2.ClH/c1-6-3-2-5-4(6)7(8)9;/h2-3H,1H3;1H. The van der Waals surface area contributed by atoms with E-state index in [4.69, 9.17) is 0 Å². The van der Waals surface area contributed by atoms with Gasteiger partial charge in [-0.05, 0) is 4.92 Å². The normalized spacial score (nSPS) is 8.50. The molecule has 1 aromatic rings. The van der Waals surface area contributed by atoms with Gasteiger partial charge in [0.25, 0.3) is 0 Å². The van der Waals surface area contributed by atoms with Gasteiger partial charge in [-0.25, -0.2) is 4.57 Å². The summed E-state index contributed by atoms with van der Waals surface area (Å²) in [7, 11) is 1.57. The molecule has 0 saturated carbocycles. The molecule has 0 radical (unpaired) electrons. The van der Waals surface area contributed by atoms with Crippen molar-refractivity contribution in [1.29, 1.82) is 0 Å². The lowest BCUT2D eigenvalue weighted by Gasteiger charge is -1.90. The summed E-state index contributed by atoms with van der Waals surface area (Å²) >= 11 is 0. The van der Waals surface area contributed by atoms with E-state index in [0.29, 0.717) is 0 Å². The molecule has 0 aliphatic heterocycles. The van der Waals surface area contributed by atoms with Crippen molar-refractivity contribution in [2.45, 2.75) is 0 Å². The van der Waals surface area contributed by atoms with Crippen LogP contribution in [0.2, 0.25) is 0 Å². The van der Waals surface area contributed by atoms with E-state index in [1.165, 1.54) is 17.0 Å². The highest BCUT2D eigenvalue weighted by molar-refractivity contribution is 5.85. The SMILES string of the molecule is Cl.Cn1ccnc1[N+](=O)[O-]. The first-order chi connectivity index (χ1) is 4.22. The van der Waals surface area contributed by atoms with Crippen molar-refractivity contribution in [3.63, 3.8) is 0 Å². The fourth-order valence-corrected chi connectivity index (χ4v) is 0.534. The van der Waals surface area contributed by atoms with Crippen LogP contribution >= 0.6 is 12.4 Å². The molecule has 0 spiro atoms. The van der Waals surface area contributed by atoms with Crippen LogP contribution in [0.15, 0.2) is 12.4 Å². The maximum atomic E-state index is 10.0. The molecule has 0 amide bonds. The van der Waals surface area contributed by atoms with E-state index in [1.54, 1.807) is 7.05 Å². The molecule has 0 fully saturated rings. The molecule has 1 aromatic heterocycles. The fraction of sp³-hybridized carbons (Fsp3) is 0.250. The minimum atomic E-state index is -0.528. The second-order valence-electron chi connectivity index (χ2n) is 1.60. The first kappa shape index (κ1) is 8.90. The molecule has 6 heteroatoms. The van der Waals surface area contributed by atoms with Crippen molar-refractivity contribution in [3.05, 3.63) is 22.5 Å². The van der Waals surface area contributed by atoms with E-state index < -0.39 is 4.92 Å². The number of hydrogen-bond donors (Lipinski definition) is 0. The van der Waals surface area contributed by atoms with Crippen molar-refractivity contribution in [2.24, 2.45) is 7.05 Å². The summed E-state index contributed by atoms with van der Waals surface area (Å²) in [4.78, 5) is 13.0. The molecule has 1 rings (SSSR count). The second-order valence-corrected chi connectivity index (χ2v) is 1.60. The number of aryl methyl sites for hydroxylation is 1. The Hall–Kier alpha value is -1.10. The maximum Gasteiger partial charge on any atom is 0.434 e.